The van der Waals surface area contributed by atoms with Crippen LogP contribution in [0.2, 0.25) is 0 Å². The Kier molecular flexibility index (Phi) is 16.3. The lowest BCUT2D eigenvalue weighted by molar-refractivity contribution is -0.135. The van der Waals surface area contributed by atoms with E-state index < -0.39 is 47.6 Å². The molecule has 0 unspecified atom stereocenters. The average molecular weight is 747 g/mol. The summed E-state index contributed by atoms with van der Waals surface area (Å²) in [5.74, 6) is -8.38. The van der Waals surface area contributed by atoms with Gasteiger partial charge in [-0.25, -0.2) is 0 Å². The number of benzene rings is 2. The van der Waals surface area contributed by atoms with E-state index in [9.17, 15) is 48.9 Å². The second-order valence-electron chi connectivity index (χ2n) is 10.8. The minimum absolute atomic E-state index is 0.0595. The third-order valence-corrected chi connectivity index (χ3v) is 6.12. The topological polar surface area (TPSA) is 264 Å². The van der Waals surface area contributed by atoms with Crippen LogP contribution < -0.4 is 39.1 Å². The Morgan fingerprint density at radius 2 is 0.759 bits per heavy atom. The van der Waals surface area contributed by atoms with E-state index in [1.807, 2.05) is 0 Å². The maximum absolute atomic E-state index is 12.8. The van der Waals surface area contributed by atoms with Crippen LogP contribution in [-0.4, -0.2) is 60.7 Å². The maximum Gasteiger partial charge on any atom is 0.308 e. The van der Waals surface area contributed by atoms with Crippen LogP contribution in [0.1, 0.15) is 65.5 Å². The number of esters is 6. The Hall–Kier alpha value is -7.34. The highest BCUT2D eigenvalue weighted by molar-refractivity contribution is 6.02. The Balaban J connectivity index is 2.13. The molecular formula is C36H34N4O14. The summed E-state index contributed by atoms with van der Waals surface area (Å²) in [7, 11) is 0. The first-order chi connectivity index (χ1) is 25.4. The van der Waals surface area contributed by atoms with Crippen molar-refractivity contribution in [1.29, 1.82) is 10.5 Å². The summed E-state index contributed by atoms with van der Waals surface area (Å²) in [6.07, 6.45) is 2.87. The number of rotatable bonds is 15. The molecule has 0 spiro atoms. The van der Waals surface area contributed by atoms with Gasteiger partial charge in [0.25, 0.3) is 11.8 Å². The largest absolute Gasteiger partial charge is 0.423 e. The van der Waals surface area contributed by atoms with Crippen LogP contribution in [0.4, 0.5) is 0 Å². The number of ether oxygens (including phenoxy) is 6. The van der Waals surface area contributed by atoms with Crippen LogP contribution in [0, 0.1) is 22.7 Å². The second kappa shape index (κ2) is 20.5. The Labute approximate surface area is 308 Å². The molecule has 282 valence electrons. The zero-order valence-corrected chi connectivity index (χ0v) is 29.9. The van der Waals surface area contributed by atoms with Gasteiger partial charge in [0.15, 0.2) is 23.0 Å². The van der Waals surface area contributed by atoms with E-state index in [1.54, 1.807) is 12.1 Å². The number of carbonyl (C=O) groups excluding carboxylic acids is 8. The van der Waals surface area contributed by atoms with Gasteiger partial charge in [0.2, 0.25) is 11.5 Å². The van der Waals surface area contributed by atoms with Gasteiger partial charge in [0, 0.05) is 54.6 Å². The highest BCUT2D eigenvalue weighted by Gasteiger charge is 2.22. The number of nitrogens with one attached hydrogen (secondary N) is 2. The van der Waals surface area contributed by atoms with Gasteiger partial charge >= 0.3 is 35.8 Å². The molecule has 2 aromatic rings. The van der Waals surface area contributed by atoms with E-state index in [4.69, 9.17) is 28.4 Å². The van der Waals surface area contributed by atoms with Crippen molar-refractivity contribution in [3.8, 4) is 46.6 Å². The van der Waals surface area contributed by atoms with Gasteiger partial charge in [0.1, 0.15) is 23.3 Å². The highest BCUT2D eigenvalue weighted by Crippen LogP contribution is 2.41. The molecule has 0 atom stereocenters. The molecule has 0 aliphatic rings. The van der Waals surface area contributed by atoms with Crippen molar-refractivity contribution in [2.45, 2.75) is 54.4 Å². The summed E-state index contributed by atoms with van der Waals surface area (Å²) in [6.45, 7) is 6.56. The zero-order valence-electron chi connectivity index (χ0n) is 29.9. The number of unbranched alkanes of at least 4 members (excludes halogenated alkanes) is 1. The molecule has 2 amide bonds. The minimum atomic E-state index is -0.810. The molecule has 0 aliphatic heterocycles. The van der Waals surface area contributed by atoms with Crippen LogP contribution in [-0.2, 0) is 38.4 Å². The summed E-state index contributed by atoms with van der Waals surface area (Å²) in [4.78, 5) is 95.5. The van der Waals surface area contributed by atoms with Crippen LogP contribution in [0.15, 0.2) is 35.4 Å². The average Bonchev–Trinajstić information content (AvgIpc) is 3.05. The highest BCUT2D eigenvalue weighted by atomic mass is 16.6. The van der Waals surface area contributed by atoms with Crippen molar-refractivity contribution in [2.75, 3.05) is 13.1 Å². The van der Waals surface area contributed by atoms with Gasteiger partial charge in [-0.15, -0.1) is 0 Å². The number of amides is 2. The Bertz CT molecular complexity index is 1800. The third-order valence-electron chi connectivity index (χ3n) is 6.12. The van der Waals surface area contributed by atoms with Crippen LogP contribution in [0.3, 0.4) is 0 Å². The first-order valence-electron chi connectivity index (χ1n) is 15.7. The number of nitriles is 2. The predicted octanol–water partition coefficient (Wildman–Crippen LogP) is 2.77. The second-order valence-corrected chi connectivity index (χ2v) is 10.8. The maximum atomic E-state index is 12.8. The summed E-state index contributed by atoms with van der Waals surface area (Å²) in [5, 5.41) is 24.4. The SMILES string of the molecule is CC(=O)Oc1cc(/C=C(/C#N)C(=O)NCCCCNC(=O)/C(C#N)=C\c2cc(OC(C)=O)c(OC(C)=O)c(OC(C)=O)c2)cc(OC(C)=O)c1OC(C)=O. The van der Waals surface area contributed by atoms with Crippen molar-refractivity contribution in [1.82, 2.24) is 10.6 Å². The summed E-state index contributed by atoms with van der Waals surface area (Å²) >= 11 is 0. The van der Waals surface area contributed by atoms with Crippen LogP contribution in [0.5, 0.6) is 34.5 Å². The molecule has 2 aromatic carbocycles. The molecule has 0 aliphatic carbocycles. The molecule has 0 heterocycles. The van der Waals surface area contributed by atoms with E-state index in [0.717, 1.165) is 53.7 Å². The summed E-state index contributed by atoms with van der Waals surface area (Å²) in [6, 6.07) is 8.26. The van der Waals surface area contributed by atoms with Gasteiger partial charge < -0.3 is 39.1 Å². The minimum Gasteiger partial charge on any atom is -0.423 e. The quantitative estimate of drug-likeness (QED) is 0.0872. The molecule has 0 saturated carbocycles. The summed E-state index contributed by atoms with van der Waals surface area (Å²) < 4.78 is 30.5. The first-order valence-corrected chi connectivity index (χ1v) is 15.7. The van der Waals surface area contributed by atoms with Crippen molar-refractivity contribution in [3.63, 3.8) is 0 Å². The number of hydrogen-bond acceptors (Lipinski definition) is 16. The third kappa shape index (κ3) is 14.1. The van der Waals surface area contributed by atoms with E-state index in [0.29, 0.717) is 12.8 Å². The monoisotopic (exact) mass is 746 g/mol. The van der Waals surface area contributed by atoms with Gasteiger partial charge in [-0.3, -0.25) is 38.4 Å². The van der Waals surface area contributed by atoms with Crippen molar-refractivity contribution in [2.24, 2.45) is 0 Å². The van der Waals surface area contributed by atoms with Crippen molar-refractivity contribution >= 4 is 59.8 Å². The molecule has 2 N–H and O–H groups in total. The van der Waals surface area contributed by atoms with Gasteiger partial charge in [-0.2, -0.15) is 10.5 Å². The first kappa shape index (κ1) is 42.8. The Morgan fingerprint density at radius 1 is 0.500 bits per heavy atom. The lowest BCUT2D eigenvalue weighted by Crippen LogP contribution is -2.28. The molecule has 18 nitrogen and oxygen atoms in total. The molecule has 54 heavy (non-hydrogen) atoms. The molecular weight excluding hydrogens is 712 g/mol. The summed E-state index contributed by atoms with van der Waals surface area (Å²) in [5.41, 5.74) is -0.603. The fourth-order valence-electron chi connectivity index (χ4n) is 4.25. The fourth-order valence-corrected chi connectivity index (χ4v) is 4.25. The van der Waals surface area contributed by atoms with Crippen LogP contribution >= 0.6 is 0 Å². The number of carbonyl (C=O) groups is 8. The molecule has 0 radical (unpaired) electrons. The number of nitrogens with zero attached hydrogens (tertiary/aromatic N) is 2. The molecule has 18 heteroatoms. The molecule has 0 aromatic heterocycles. The molecule has 0 bridgehead atoms. The van der Waals surface area contributed by atoms with E-state index in [2.05, 4.69) is 10.6 Å². The smallest absolute Gasteiger partial charge is 0.308 e. The van der Waals surface area contributed by atoms with Gasteiger partial charge in [-0.05, 0) is 60.4 Å². The Morgan fingerprint density at radius 3 is 0.981 bits per heavy atom. The van der Waals surface area contributed by atoms with E-state index >= 15 is 0 Å². The predicted molar refractivity (Wildman–Crippen MR) is 183 cm³/mol. The normalized spacial score (nSPS) is 10.7. The lowest BCUT2D eigenvalue weighted by atomic mass is 10.1. The van der Waals surface area contributed by atoms with Crippen molar-refractivity contribution in [3.05, 3.63) is 46.5 Å². The zero-order chi connectivity index (χ0) is 40.5. The van der Waals surface area contributed by atoms with Crippen LogP contribution in [0.25, 0.3) is 12.2 Å². The number of hydrogen-bond donors (Lipinski definition) is 2. The standard InChI is InChI=1S/C36H34N4O14/c1-19(41)49-29-13-25(14-30(50-20(2)42)33(29)53-23(5)45)11-27(17-37)35(47)39-9-7-8-10-40-36(48)28(18-38)12-26-15-31(51-21(3)43)34(54-24(6)46)32(16-26)52-22(4)44/h11-16H,7-10H2,1-6H3,(H,39,47)(H,40,48)/b27-11-,28-12-. The lowest BCUT2D eigenvalue weighted by Gasteiger charge is -2.14. The van der Waals surface area contributed by atoms with Gasteiger partial charge in [-0.1, -0.05) is 0 Å². The molecule has 2 rings (SSSR count). The van der Waals surface area contributed by atoms with Gasteiger partial charge in [0.05, 0.1) is 0 Å². The van der Waals surface area contributed by atoms with E-state index in [1.165, 1.54) is 24.3 Å². The molecule has 0 saturated heterocycles. The fraction of sp³-hybridized carbons (Fsp3) is 0.278. The van der Waals surface area contributed by atoms with E-state index in [-0.39, 0.29) is 69.9 Å². The molecule has 0 fully saturated rings. The van der Waals surface area contributed by atoms with Crippen molar-refractivity contribution < 1.29 is 66.8 Å².